The molecule has 1 aromatic carbocycles. The van der Waals surface area contributed by atoms with Gasteiger partial charge in [-0.3, -0.25) is 0 Å². The summed E-state index contributed by atoms with van der Waals surface area (Å²) in [6.45, 7) is 2.59. The third-order valence-corrected chi connectivity index (χ3v) is 3.99. The molecule has 0 aliphatic carbocycles. The first-order chi connectivity index (χ1) is 9.31. The Balaban J connectivity index is 1.60. The van der Waals surface area contributed by atoms with Gasteiger partial charge in [0, 0.05) is 0 Å². The van der Waals surface area contributed by atoms with Crippen LogP contribution in [0.5, 0.6) is 5.75 Å². The van der Waals surface area contributed by atoms with Crippen molar-refractivity contribution in [3.63, 3.8) is 0 Å². The molecule has 0 bridgehead atoms. The molecular formula is C15H20N2O2. The van der Waals surface area contributed by atoms with E-state index in [1.54, 1.807) is 0 Å². The molecule has 1 saturated heterocycles. The topological polar surface area (TPSA) is 50.4 Å². The number of piperidine rings is 1. The molecule has 4 heteroatoms. The summed E-state index contributed by atoms with van der Waals surface area (Å²) in [4.78, 5) is 11.2. The molecule has 1 aromatic rings. The molecular weight excluding hydrogens is 240 g/mol. The third kappa shape index (κ3) is 3.07. The average molecular weight is 260 g/mol. The van der Waals surface area contributed by atoms with Gasteiger partial charge < -0.3 is 15.4 Å². The minimum absolute atomic E-state index is 0.213. The van der Waals surface area contributed by atoms with Crippen molar-refractivity contribution in [3.8, 4) is 5.75 Å². The zero-order valence-corrected chi connectivity index (χ0v) is 11.1. The number of hydrogen-bond donors (Lipinski definition) is 2. The maximum absolute atomic E-state index is 11.2. The quantitative estimate of drug-likeness (QED) is 0.644. The summed E-state index contributed by atoms with van der Waals surface area (Å²) < 4.78 is 5.17. The van der Waals surface area contributed by atoms with E-state index in [4.69, 9.17) is 4.74 Å². The van der Waals surface area contributed by atoms with Crippen LogP contribution < -0.4 is 15.4 Å². The van der Waals surface area contributed by atoms with Gasteiger partial charge in [-0.2, -0.15) is 0 Å². The van der Waals surface area contributed by atoms with E-state index in [1.807, 2.05) is 6.07 Å². The Bertz CT molecular complexity index is 467. The molecule has 2 aliphatic heterocycles. The average Bonchev–Trinajstić information content (AvgIpc) is 2.46. The Labute approximate surface area is 113 Å². The van der Waals surface area contributed by atoms with Crippen LogP contribution in [-0.2, 0) is 11.2 Å². The molecule has 3 rings (SSSR count). The Morgan fingerprint density at radius 1 is 1.26 bits per heavy atom. The van der Waals surface area contributed by atoms with E-state index in [0.29, 0.717) is 5.75 Å². The van der Waals surface area contributed by atoms with Crippen molar-refractivity contribution in [2.75, 3.05) is 25.0 Å². The zero-order chi connectivity index (χ0) is 13.1. The predicted molar refractivity (Wildman–Crippen MR) is 74.5 cm³/mol. The second-order valence-corrected chi connectivity index (χ2v) is 5.39. The van der Waals surface area contributed by atoms with Crippen LogP contribution in [0.25, 0.3) is 0 Å². The van der Waals surface area contributed by atoms with Gasteiger partial charge in [-0.1, -0.05) is 6.07 Å². The number of carbonyl (C=O) groups excluding carboxylic acids is 1. The normalized spacial score (nSPS) is 19.5. The molecule has 19 heavy (non-hydrogen) atoms. The zero-order valence-electron chi connectivity index (χ0n) is 11.1. The molecule has 2 heterocycles. The molecule has 0 aromatic heterocycles. The van der Waals surface area contributed by atoms with Gasteiger partial charge in [0.15, 0.2) is 5.75 Å². The van der Waals surface area contributed by atoms with E-state index >= 15 is 0 Å². The van der Waals surface area contributed by atoms with Gasteiger partial charge in [-0.25, -0.2) is 4.79 Å². The summed E-state index contributed by atoms with van der Waals surface area (Å²) in [5.41, 5.74) is 2.27. The fourth-order valence-electron chi connectivity index (χ4n) is 2.83. The summed E-state index contributed by atoms with van der Waals surface area (Å²) in [7, 11) is 0. The number of nitrogens with one attached hydrogen (secondary N) is 2. The minimum Gasteiger partial charge on any atom is -0.423 e. The van der Waals surface area contributed by atoms with Gasteiger partial charge in [-0.05, 0) is 62.4 Å². The lowest BCUT2D eigenvalue weighted by Gasteiger charge is -2.23. The number of hydrogen-bond acceptors (Lipinski definition) is 4. The Hall–Kier alpha value is -1.55. The van der Waals surface area contributed by atoms with E-state index < -0.39 is 0 Å². The first kappa shape index (κ1) is 12.5. The molecule has 0 unspecified atom stereocenters. The van der Waals surface area contributed by atoms with Gasteiger partial charge in [0.1, 0.15) is 6.54 Å². The predicted octanol–water partition coefficient (Wildman–Crippen LogP) is 1.95. The fraction of sp³-hybridized carbons (Fsp3) is 0.533. The highest BCUT2D eigenvalue weighted by molar-refractivity contribution is 5.83. The van der Waals surface area contributed by atoms with E-state index in [-0.39, 0.29) is 12.5 Å². The van der Waals surface area contributed by atoms with Gasteiger partial charge in [-0.15, -0.1) is 0 Å². The Morgan fingerprint density at radius 3 is 2.95 bits per heavy atom. The molecule has 2 N–H and O–H groups in total. The highest BCUT2D eigenvalue weighted by atomic mass is 16.5. The van der Waals surface area contributed by atoms with Crippen molar-refractivity contribution in [2.45, 2.75) is 25.7 Å². The number of anilines is 1. The number of benzene rings is 1. The van der Waals surface area contributed by atoms with Crippen molar-refractivity contribution in [1.82, 2.24) is 5.32 Å². The number of rotatable bonds is 3. The van der Waals surface area contributed by atoms with Crippen molar-refractivity contribution in [3.05, 3.63) is 23.8 Å². The summed E-state index contributed by atoms with van der Waals surface area (Å²) in [5, 5.41) is 6.51. The summed E-state index contributed by atoms with van der Waals surface area (Å²) >= 11 is 0. The molecule has 2 aliphatic rings. The van der Waals surface area contributed by atoms with Crippen molar-refractivity contribution >= 4 is 11.7 Å². The SMILES string of the molecule is O=C1CNc2cc(CCC3CCNCC3)ccc2O1. The van der Waals surface area contributed by atoms with Crippen LogP contribution >= 0.6 is 0 Å². The second kappa shape index (κ2) is 5.61. The highest BCUT2D eigenvalue weighted by Gasteiger charge is 2.17. The van der Waals surface area contributed by atoms with Crippen LogP contribution in [0.3, 0.4) is 0 Å². The number of aryl methyl sites for hydroxylation is 1. The van der Waals surface area contributed by atoms with Crippen molar-refractivity contribution in [2.24, 2.45) is 5.92 Å². The van der Waals surface area contributed by atoms with Crippen molar-refractivity contribution in [1.29, 1.82) is 0 Å². The van der Waals surface area contributed by atoms with Crippen molar-refractivity contribution < 1.29 is 9.53 Å². The first-order valence-electron chi connectivity index (χ1n) is 7.09. The number of fused-ring (bicyclic) bond motifs is 1. The molecule has 0 spiro atoms. The maximum Gasteiger partial charge on any atom is 0.330 e. The largest absolute Gasteiger partial charge is 0.423 e. The third-order valence-electron chi connectivity index (χ3n) is 3.99. The van der Waals surface area contributed by atoms with E-state index in [2.05, 4.69) is 22.8 Å². The Morgan fingerprint density at radius 2 is 2.11 bits per heavy atom. The van der Waals surface area contributed by atoms with E-state index in [9.17, 15) is 4.79 Å². The smallest absolute Gasteiger partial charge is 0.330 e. The fourth-order valence-corrected chi connectivity index (χ4v) is 2.83. The number of ether oxygens (including phenoxy) is 1. The molecule has 4 nitrogen and oxygen atoms in total. The highest BCUT2D eigenvalue weighted by Crippen LogP contribution is 2.29. The lowest BCUT2D eigenvalue weighted by molar-refractivity contribution is -0.132. The van der Waals surface area contributed by atoms with Gasteiger partial charge >= 0.3 is 5.97 Å². The van der Waals surface area contributed by atoms with Gasteiger partial charge in [0.2, 0.25) is 0 Å². The van der Waals surface area contributed by atoms with Crippen LogP contribution in [-0.4, -0.2) is 25.6 Å². The van der Waals surface area contributed by atoms with E-state index in [0.717, 1.165) is 31.1 Å². The lowest BCUT2D eigenvalue weighted by atomic mass is 9.91. The molecule has 0 radical (unpaired) electrons. The van der Waals surface area contributed by atoms with Crippen LogP contribution in [0.2, 0.25) is 0 Å². The lowest BCUT2D eigenvalue weighted by Crippen LogP contribution is -2.28. The minimum atomic E-state index is -0.213. The molecule has 0 atom stereocenters. The summed E-state index contributed by atoms with van der Waals surface area (Å²) in [6.07, 6.45) is 4.94. The van der Waals surface area contributed by atoms with Crippen LogP contribution in [0.15, 0.2) is 18.2 Å². The second-order valence-electron chi connectivity index (χ2n) is 5.39. The standard InChI is InChI=1S/C15H20N2O2/c18-15-10-17-13-9-12(3-4-14(13)19-15)2-1-11-5-7-16-8-6-11/h3-4,9,11,16-17H,1-2,5-8,10H2. The van der Waals surface area contributed by atoms with Crippen LogP contribution in [0, 0.1) is 5.92 Å². The maximum atomic E-state index is 11.2. The Kier molecular flexibility index (Phi) is 3.69. The van der Waals surface area contributed by atoms with E-state index in [1.165, 1.54) is 24.8 Å². The summed E-state index contributed by atoms with van der Waals surface area (Å²) in [5.74, 6) is 1.29. The van der Waals surface area contributed by atoms with Gasteiger partial charge in [0.05, 0.1) is 5.69 Å². The van der Waals surface area contributed by atoms with Gasteiger partial charge in [0.25, 0.3) is 0 Å². The van der Waals surface area contributed by atoms with Crippen LogP contribution in [0.1, 0.15) is 24.8 Å². The monoisotopic (exact) mass is 260 g/mol. The number of esters is 1. The first-order valence-corrected chi connectivity index (χ1v) is 7.09. The molecule has 0 amide bonds. The van der Waals surface area contributed by atoms with Crippen LogP contribution in [0.4, 0.5) is 5.69 Å². The molecule has 102 valence electrons. The molecule has 1 fully saturated rings. The summed E-state index contributed by atoms with van der Waals surface area (Å²) in [6, 6.07) is 6.08. The molecule has 0 saturated carbocycles. The number of carbonyl (C=O) groups is 1.